The van der Waals surface area contributed by atoms with E-state index in [-0.39, 0.29) is 5.97 Å². The van der Waals surface area contributed by atoms with Gasteiger partial charge in [0.2, 0.25) is 0 Å². The second kappa shape index (κ2) is 12.4. The van der Waals surface area contributed by atoms with Crippen molar-refractivity contribution in [3.05, 3.63) is 65.2 Å². The largest absolute Gasteiger partial charge is 0.423 e. The van der Waals surface area contributed by atoms with Crippen LogP contribution < -0.4 is 4.74 Å². The molecule has 0 aliphatic carbocycles. The van der Waals surface area contributed by atoms with E-state index in [9.17, 15) is 4.79 Å². The van der Waals surface area contributed by atoms with Gasteiger partial charge >= 0.3 is 5.97 Å². The summed E-state index contributed by atoms with van der Waals surface area (Å²) in [6, 6.07) is 15.8. The van der Waals surface area contributed by atoms with Gasteiger partial charge in [-0.3, -0.25) is 0 Å². The summed E-state index contributed by atoms with van der Waals surface area (Å²) in [7, 11) is 0. The molecule has 0 amide bonds. The number of hydrogen-bond acceptors (Lipinski definition) is 2. The van der Waals surface area contributed by atoms with Crippen molar-refractivity contribution in [2.75, 3.05) is 0 Å². The molecule has 0 aromatic heterocycles. The molecule has 2 nitrogen and oxygen atoms in total. The monoisotopic (exact) mass is 380 g/mol. The topological polar surface area (TPSA) is 26.3 Å². The van der Waals surface area contributed by atoms with E-state index >= 15 is 0 Å². The SMILES string of the molecule is CCCCCCC(C)c1ccc(C(=O)Oc2ccc(CCCCC)cc2)cc1. The predicted octanol–water partition coefficient (Wildman–Crippen LogP) is 7.71. The highest BCUT2D eigenvalue weighted by Crippen LogP contribution is 2.23. The van der Waals surface area contributed by atoms with Crippen molar-refractivity contribution in [3.8, 4) is 5.75 Å². The van der Waals surface area contributed by atoms with Gasteiger partial charge in [0.05, 0.1) is 5.56 Å². The summed E-state index contributed by atoms with van der Waals surface area (Å²) in [5.74, 6) is 0.848. The fraction of sp³-hybridized carbons (Fsp3) is 0.500. The quantitative estimate of drug-likeness (QED) is 0.214. The second-order valence-corrected chi connectivity index (χ2v) is 7.86. The number of rotatable bonds is 12. The third-order valence-electron chi connectivity index (χ3n) is 5.41. The Hall–Kier alpha value is -2.09. The van der Waals surface area contributed by atoms with E-state index in [1.54, 1.807) is 0 Å². The molecule has 0 N–H and O–H groups in total. The molecule has 2 heteroatoms. The maximum atomic E-state index is 12.4. The van der Waals surface area contributed by atoms with Crippen molar-refractivity contribution in [3.63, 3.8) is 0 Å². The summed E-state index contributed by atoms with van der Waals surface area (Å²) < 4.78 is 5.53. The molecule has 2 aromatic rings. The molecule has 0 spiro atoms. The standard InChI is InChI=1S/C26H36O2/c1-4-6-8-10-11-21(3)23-15-17-24(18-16-23)26(27)28-25-19-13-22(14-20-25)12-9-7-5-2/h13-21H,4-12H2,1-3H3. The van der Waals surface area contributed by atoms with E-state index in [1.807, 2.05) is 24.3 Å². The fourth-order valence-electron chi connectivity index (χ4n) is 3.46. The third kappa shape index (κ3) is 7.50. The maximum Gasteiger partial charge on any atom is 0.343 e. The van der Waals surface area contributed by atoms with Crippen molar-refractivity contribution in [2.45, 2.75) is 84.5 Å². The van der Waals surface area contributed by atoms with Crippen molar-refractivity contribution in [1.29, 1.82) is 0 Å². The second-order valence-electron chi connectivity index (χ2n) is 7.86. The highest BCUT2D eigenvalue weighted by atomic mass is 16.5. The Labute approximate surface area is 171 Å². The van der Waals surface area contributed by atoms with Gasteiger partial charge in [-0.1, -0.05) is 83.6 Å². The van der Waals surface area contributed by atoms with Crippen LogP contribution in [-0.4, -0.2) is 5.97 Å². The zero-order chi connectivity index (χ0) is 20.2. The first-order chi connectivity index (χ1) is 13.6. The lowest BCUT2D eigenvalue weighted by Crippen LogP contribution is -2.08. The lowest BCUT2D eigenvalue weighted by atomic mass is 9.94. The minimum Gasteiger partial charge on any atom is -0.423 e. The first-order valence-corrected chi connectivity index (χ1v) is 11.0. The molecule has 2 aromatic carbocycles. The Kier molecular flexibility index (Phi) is 9.82. The number of benzene rings is 2. The Bertz CT molecular complexity index is 685. The summed E-state index contributed by atoms with van der Waals surface area (Å²) >= 11 is 0. The first kappa shape index (κ1) is 22.2. The zero-order valence-electron chi connectivity index (χ0n) is 17.9. The molecule has 0 fully saturated rings. The Morgan fingerprint density at radius 3 is 2.11 bits per heavy atom. The molecule has 152 valence electrons. The van der Waals surface area contributed by atoms with Crippen LogP contribution in [0.4, 0.5) is 0 Å². The summed E-state index contributed by atoms with van der Waals surface area (Å²) in [5.41, 5.74) is 3.20. The van der Waals surface area contributed by atoms with Gasteiger partial charge in [-0.15, -0.1) is 0 Å². The molecule has 0 bridgehead atoms. The van der Waals surface area contributed by atoms with Gasteiger partial charge in [0, 0.05) is 0 Å². The molecule has 0 heterocycles. The normalized spacial score (nSPS) is 12.0. The molecule has 0 aliphatic rings. The van der Waals surface area contributed by atoms with Gasteiger partial charge in [0.15, 0.2) is 0 Å². The van der Waals surface area contributed by atoms with Crippen LogP contribution in [0.3, 0.4) is 0 Å². The van der Waals surface area contributed by atoms with Gasteiger partial charge in [0.25, 0.3) is 0 Å². The van der Waals surface area contributed by atoms with Crippen LogP contribution in [0.25, 0.3) is 0 Å². The molecule has 0 aliphatic heterocycles. The van der Waals surface area contributed by atoms with Crippen LogP contribution in [0.15, 0.2) is 48.5 Å². The van der Waals surface area contributed by atoms with E-state index in [4.69, 9.17) is 4.74 Å². The molecule has 0 saturated carbocycles. The number of carbonyl (C=O) groups is 1. The molecule has 1 unspecified atom stereocenters. The maximum absolute atomic E-state index is 12.4. The Balaban J connectivity index is 1.85. The Morgan fingerprint density at radius 2 is 1.46 bits per heavy atom. The first-order valence-electron chi connectivity index (χ1n) is 11.0. The van der Waals surface area contributed by atoms with E-state index < -0.39 is 0 Å². The van der Waals surface area contributed by atoms with Crippen LogP contribution in [0.1, 0.15) is 99.5 Å². The van der Waals surface area contributed by atoms with Gasteiger partial charge in [-0.05, 0) is 60.6 Å². The van der Waals surface area contributed by atoms with E-state index in [0.29, 0.717) is 17.2 Å². The summed E-state index contributed by atoms with van der Waals surface area (Å²) in [4.78, 5) is 12.4. The molecule has 28 heavy (non-hydrogen) atoms. The zero-order valence-corrected chi connectivity index (χ0v) is 17.9. The molecule has 1 atom stereocenters. The molecule has 0 radical (unpaired) electrons. The summed E-state index contributed by atoms with van der Waals surface area (Å²) in [6.07, 6.45) is 11.1. The van der Waals surface area contributed by atoms with E-state index in [0.717, 1.165) is 6.42 Å². The molecular weight excluding hydrogens is 344 g/mol. The van der Waals surface area contributed by atoms with Gasteiger partial charge in [0.1, 0.15) is 5.75 Å². The minimum atomic E-state index is -0.291. The number of unbranched alkanes of at least 4 members (excludes halogenated alkanes) is 5. The van der Waals surface area contributed by atoms with Crippen LogP contribution in [0.5, 0.6) is 5.75 Å². The number of ether oxygens (including phenoxy) is 1. The van der Waals surface area contributed by atoms with Crippen molar-refractivity contribution in [2.24, 2.45) is 0 Å². The third-order valence-corrected chi connectivity index (χ3v) is 5.41. The summed E-state index contributed by atoms with van der Waals surface area (Å²) in [6.45, 7) is 6.72. The lowest BCUT2D eigenvalue weighted by molar-refractivity contribution is 0.0734. The van der Waals surface area contributed by atoms with Crippen LogP contribution in [0.2, 0.25) is 0 Å². The minimum absolute atomic E-state index is 0.291. The Morgan fingerprint density at radius 1 is 0.821 bits per heavy atom. The summed E-state index contributed by atoms with van der Waals surface area (Å²) in [5, 5.41) is 0. The predicted molar refractivity (Wildman–Crippen MR) is 118 cm³/mol. The highest BCUT2D eigenvalue weighted by Gasteiger charge is 2.11. The van der Waals surface area contributed by atoms with Gasteiger partial charge in [-0.25, -0.2) is 4.79 Å². The number of carbonyl (C=O) groups excluding carboxylic acids is 1. The van der Waals surface area contributed by atoms with Crippen molar-refractivity contribution in [1.82, 2.24) is 0 Å². The van der Waals surface area contributed by atoms with E-state index in [1.165, 1.54) is 62.5 Å². The average Bonchev–Trinajstić information content (AvgIpc) is 2.72. The van der Waals surface area contributed by atoms with Crippen LogP contribution in [-0.2, 0) is 6.42 Å². The number of esters is 1. The molecular formula is C26H36O2. The molecule has 0 saturated heterocycles. The average molecular weight is 381 g/mol. The van der Waals surface area contributed by atoms with Gasteiger partial charge in [-0.2, -0.15) is 0 Å². The number of aryl methyl sites for hydroxylation is 1. The lowest BCUT2D eigenvalue weighted by Gasteiger charge is -2.12. The smallest absolute Gasteiger partial charge is 0.343 e. The highest BCUT2D eigenvalue weighted by molar-refractivity contribution is 5.91. The fourth-order valence-corrected chi connectivity index (χ4v) is 3.46. The van der Waals surface area contributed by atoms with Crippen molar-refractivity contribution < 1.29 is 9.53 Å². The van der Waals surface area contributed by atoms with Crippen LogP contribution >= 0.6 is 0 Å². The molecule has 2 rings (SSSR count). The number of hydrogen-bond donors (Lipinski definition) is 0. The van der Waals surface area contributed by atoms with Crippen molar-refractivity contribution >= 4 is 5.97 Å². The van der Waals surface area contributed by atoms with Gasteiger partial charge < -0.3 is 4.74 Å². The van der Waals surface area contributed by atoms with E-state index in [2.05, 4.69) is 45.0 Å². The van der Waals surface area contributed by atoms with Crippen LogP contribution in [0, 0.1) is 0 Å².